The van der Waals surface area contributed by atoms with Crippen molar-refractivity contribution in [1.82, 2.24) is 10.3 Å². The van der Waals surface area contributed by atoms with Crippen molar-refractivity contribution < 1.29 is 14.6 Å². The Morgan fingerprint density at radius 3 is 2.46 bits per heavy atom. The van der Waals surface area contributed by atoms with E-state index in [-0.39, 0.29) is 6.04 Å². The molecule has 1 aliphatic heterocycles. The lowest BCUT2D eigenvalue weighted by atomic mass is 9.88. The molecule has 2 heterocycles. The fourth-order valence-corrected chi connectivity index (χ4v) is 4.36. The number of hydrogen-bond acceptors (Lipinski definition) is 3. The number of nitrogens with one attached hydrogen (secondary N) is 2. The molecule has 5 nitrogen and oxygen atoms in total. The number of ether oxygens (including phenoxy) is 1. The first kappa shape index (κ1) is 16.8. The number of carbonyl (C=O) groups is 1. The summed E-state index contributed by atoms with van der Waals surface area (Å²) in [5.41, 5.74) is 4.18. The second-order valence-electron chi connectivity index (χ2n) is 7.16. The normalized spacial score (nSPS) is 18.9. The predicted octanol–water partition coefficient (Wildman–Crippen LogP) is 4.02. The van der Waals surface area contributed by atoms with Crippen LogP contribution in [0.3, 0.4) is 0 Å². The van der Waals surface area contributed by atoms with Crippen molar-refractivity contribution in [2.45, 2.75) is 18.5 Å². The molecular formula is C23H20N2O3. The smallest absolute Gasteiger partial charge is 0.321 e. The molecule has 3 aromatic carbocycles. The van der Waals surface area contributed by atoms with E-state index in [1.807, 2.05) is 48.5 Å². The van der Waals surface area contributed by atoms with Crippen molar-refractivity contribution in [2.24, 2.45) is 0 Å². The Balaban J connectivity index is 1.77. The average Bonchev–Trinajstić information content (AvgIpc) is 3.11. The first-order chi connectivity index (χ1) is 13.7. The SMILES string of the molecule is COc1ccc(C2NC(C(=O)O)Cc3c2[nH]c2ccccc32)c2ccccc12. The number of carboxylic acids is 1. The van der Waals surface area contributed by atoms with Gasteiger partial charge in [0.2, 0.25) is 0 Å². The maximum absolute atomic E-state index is 11.9. The van der Waals surface area contributed by atoms with E-state index in [9.17, 15) is 9.90 Å². The molecule has 3 N–H and O–H groups in total. The summed E-state index contributed by atoms with van der Waals surface area (Å²) in [7, 11) is 1.66. The average molecular weight is 372 g/mol. The molecule has 0 spiro atoms. The zero-order valence-corrected chi connectivity index (χ0v) is 15.4. The third-order valence-electron chi connectivity index (χ3n) is 5.66. The number of aromatic nitrogens is 1. The van der Waals surface area contributed by atoms with E-state index in [2.05, 4.69) is 22.4 Å². The molecule has 0 bridgehead atoms. The molecule has 4 aromatic rings. The van der Waals surface area contributed by atoms with Gasteiger partial charge in [-0.15, -0.1) is 0 Å². The van der Waals surface area contributed by atoms with Crippen molar-refractivity contribution in [3.63, 3.8) is 0 Å². The minimum absolute atomic E-state index is 0.243. The quantitative estimate of drug-likeness (QED) is 0.508. The number of aliphatic carboxylic acids is 1. The van der Waals surface area contributed by atoms with Crippen molar-refractivity contribution in [1.29, 1.82) is 0 Å². The van der Waals surface area contributed by atoms with Crippen LogP contribution in [0.25, 0.3) is 21.7 Å². The van der Waals surface area contributed by atoms with E-state index in [0.29, 0.717) is 6.42 Å². The lowest BCUT2D eigenvalue weighted by Crippen LogP contribution is -2.45. The summed E-state index contributed by atoms with van der Waals surface area (Å²) in [6.07, 6.45) is 0.458. The lowest BCUT2D eigenvalue weighted by molar-refractivity contribution is -0.139. The van der Waals surface area contributed by atoms with Crippen LogP contribution in [0.4, 0.5) is 0 Å². The van der Waals surface area contributed by atoms with Crippen LogP contribution in [-0.4, -0.2) is 29.2 Å². The van der Waals surface area contributed by atoms with Gasteiger partial charge in [0.1, 0.15) is 11.8 Å². The molecular weight excluding hydrogens is 352 g/mol. The number of carboxylic acid groups (broad SMARTS) is 1. The van der Waals surface area contributed by atoms with Crippen LogP contribution in [0.2, 0.25) is 0 Å². The molecule has 1 aromatic heterocycles. The van der Waals surface area contributed by atoms with Gasteiger partial charge in [0, 0.05) is 28.4 Å². The molecule has 5 heteroatoms. The van der Waals surface area contributed by atoms with Gasteiger partial charge in [0.25, 0.3) is 0 Å². The highest BCUT2D eigenvalue weighted by molar-refractivity contribution is 5.93. The number of rotatable bonds is 3. The van der Waals surface area contributed by atoms with E-state index >= 15 is 0 Å². The van der Waals surface area contributed by atoms with Crippen molar-refractivity contribution >= 4 is 27.6 Å². The Hall–Kier alpha value is -3.31. The highest BCUT2D eigenvalue weighted by atomic mass is 16.5. The minimum atomic E-state index is -0.834. The molecule has 2 unspecified atom stereocenters. The first-order valence-electron chi connectivity index (χ1n) is 9.31. The number of methoxy groups -OCH3 is 1. The first-order valence-corrected chi connectivity index (χ1v) is 9.31. The molecule has 140 valence electrons. The summed E-state index contributed by atoms with van der Waals surface area (Å²) in [6.45, 7) is 0. The molecule has 1 aliphatic rings. The fourth-order valence-electron chi connectivity index (χ4n) is 4.36. The van der Waals surface area contributed by atoms with Crippen LogP contribution in [0, 0.1) is 0 Å². The zero-order chi connectivity index (χ0) is 19.3. The topological polar surface area (TPSA) is 74.3 Å². The Morgan fingerprint density at radius 2 is 1.71 bits per heavy atom. The van der Waals surface area contributed by atoms with Crippen molar-refractivity contribution in [3.05, 3.63) is 77.5 Å². The third-order valence-corrected chi connectivity index (χ3v) is 5.66. The number of benzene rings is 3. The maximum Gasteiger partial charge on any atom is 0.321 e. The highest BCUT2D eigenvalue weighted by Gasteiger charge is 2.34. The zero-order valence-electron chi connectivity index (χ0n) is 15.4. The summed E-state index contributed by atoms with van der Waals surface area (Å²) < 4.78 is 5.52. The number of H-pyrrole nitrogens is 1. The Labute approximate surface area is 161 Å². The van der Waals surface area contributed by atoms with E-state index in [1.165, 1.54) is 0 Å². The van der Waals surface area contributed by atoms with Crippen LogP contribution in [0.1, 0.15) is 22.9 Å². The Morgan fingerprint density at radius 1 is 1.00 bits per heavy atom. The van der Waals surface area contributed by atoms with E-state index in [0.717, 1.165) is 44.2 Å². The molecule has 0 saturated carbocycles. The molecule has 2 atom stereocenters. The molecule has 0 aliphatic carbocycles. The number of para-hydroxylation sites is 1. The standard InChI is InChI=1S/C23H20N2O3/c1-28-20-11-10-16(13-6-2-3-8-15(13)20)21-22-17(12-19(25-21)23(26)27)14-7-4-5-9-18(14)24-22/h2-11,19,21,24-25H,12H2,1H3,(H,26,27). The third kappa shape index (κ3) is 2.47. The Kier molecular flexibility index (Phi) is 3.84. The highest BCUT2D eigenvalue weighted by Crippen LogP contribution is 2.39. The second kappa shape index (κ2) is 6.39. The summed E-state index contributed by atoms with van der Waals surface area (Å²) in [5, 5.41) is 16.2. The summed E-state index contributed by atoms with van der Waals surface area (Å²) in [5.74, 6) is -0.0273. The van der Waals surface area contributed by atoms with Gasteiger partial charge in [-0.1, -0.05) is 48.5 Å². The van der Waals surface area contributed by atoms with Crippen molar-refractivity contribution in [3.8, 4) is 5.75 Å². The number of aromatic amines is 1. The van der Waals surface area contributed by atoms with E-state index in [1.54, 1.807) is 7.11 Å². The van der Waals surface area contributed by atoms with Crippen LogP contribution in [-0.2, 0) is 11.2 Å². The summed E-state index contributed by atoms with van der Waals surface area (Å²) >= 11 is 0. The van der Waals surface area contributed by atoms with Gasteiger partial charge in [-0.05, 0) is 28.6 Å². The monoisotopic (exact) mass is 372 g/mol. The lowest BCUT2D eigenvalue weighted by Gasteiger charge is -2.30. The Bertz CT molecular complexity index is 1210. The van der Waals surface area contributed by atoms with Crippen LogP contribution in [0.15, 0.2) is 60.7 Å². The largest absolute Gasteiger partial charge is 0.496 e. The molecule has 0 radical (unpaired) electrons. The molecule has 0 saturated heterocycles. The predicted molar refractivity (Wildman–Crippen MR) is 109 cm³/mol. The van der Waals surface area contributed by atoms with Gasteiger partial charge in [0.15, 0.2) is 0 Å². The van der Waals surface area contributed by atoms with Gasteiger partial charge in [0.05, 0.1) is 13.2 Å². The maximum atomic E-state index is 11.9. The van der Waals surface area contributed by atoms with E-state index < -0.39 is 12.0 Å². The molecule has 0 amide bonds. The van der Waals surface area contributed by atoms with Gasteiger partial charge >= 0.3 is 5.97 Å². The van der Waals surface area contributed by atoms with Crippen LogP contribution >= 0.6 is 0 Å². The summed E-state index contributed by atoms with van der Waals surface area (Å²) in [4.78, 5) is 15.4. The molecule has 0 fully saturated rings. The van der Waals surface area contributed by atoms with Crippen LogP contribution < -0.4 is 10.1 Å². The number of fused-ring (bicyclic) bond motifs is 4. The van der Waals surface area contributed by atoms with E-state index in [4.69, 9.17) is 4.74 Å². The van der Waals surface area contributed by atoms with Gasteiger partial charge in [-0.25, -0.2) is 0 Å². The minimum Gasteiger partial charge on any atom is -0.496 e. The molecule has 5 rings (SSSR count). The van der Waals surface area contributed by atoms with Gasteiger partial charge in [-0.2, -0.15) is 0 Å². The number of hydrogen-bond donors (Lipinski definition) is 3. The van der Waals surface area contributed by atoms with Gasteiger partial charge in [-0.3, -0.25) is 10.1 Å². The van der Waals surface area contributed by atoms with Gasteiger partial charge < -0.3 is 14.8 Å². The van der Waals surface area contributed by atoms with Crippen molar-refractivity contribution in [2.75, 3.05) is 7.11 Å². The summed E-state index contributed by atoms with van der Waals surface area (Å²) in [6, 6.07) is 19.2. The van der Waals surface area contributed by atoms with Crippen LogP contribution in [0.5, 0.6) is 5.75 Å². The molecule has 28 heavy (non-hydrogen) atoms. The fraction of sp³-hybridized carbons (Fsp3) is 0.174. The second-order valence-corrected chi connectivity index (χ2v) is 7.16.